The number of ether oxygens (including phenoxy) is 2. The van der Waals surface area contributed by atoms with E-state index in [0.29, 0.717) is 5.75 Å². The fourth-order valence-electron chi connectivity index (χ4n) is 1.21. The van der Waals surface area contributed by atoms with Gasteiger partial charge in [-0.1, -0.05) is 29.8 Å². The molecule has 1 amide bonds. The molecule has 0 saturated heterocycles. The Morgan fingerprint density at radius 2 is 2.18 bits per heavy atom. The number of hydrogen-bond acceptors (Lipinski definition) is 4. The van der Waals surface area contributed by atoms with Crippen LogP contribution in [0.5, 0.6) is 5.75 Å². The summed E-state index contributed by atoms with van der Waals surface area (Å²) in [7, 11) is 0. The second-order valence-corrected chi connectivity index (χ2v) is 3.58. The largest absolute Gasteiger partial charge is 0.570 e. The molecule has 88 valence electrons. The van der Waals surface area contributed by atoms with Crippen LogP contribution >= 0.6 is 11.6 Å². The van der Waals surface area contributed by atoms with E-state index in [1.54, 1.807) is 30.3 Å². The first-order valence-corrected chi connectivity index (χ1v) is 5.17. The summed E-state index contributed by atoms with van der Waals surface area (Å²) in [6, 6.07) is 8.55. The van der Waals surface area contributed by atoms with Crippen molar-refractivity contribution >= 4 is 29.7 Å². The maximum Gasteiger partial charge on any atom is 0.232 e. The number of carbonyl (C=O) groups is 2. The van der Waals surface area contributed by atoms with Crippen LogP contribution in [0.3, 0.4) is 0 Å². The molecule has 1 aromatic rings. The van der Waals surface area contributed by atoms with Crippen LogP contribution in [-0.4, -0.2) is 29.8 Å². The Bertz CT molecular complexity index is 460. The standard InChI is InChI=1S/C11H7ClNO4/c12-10(17-7-4-2-1-3-5-7)8(14)9-11(15)13-6-16-9/h1-5,9-10H/q-1. The fraction of sp³-hybridized carbons (Fsp3) is 0.182. The zero-order valence-corrected chi connectivity index (χ0v) is 9.26. The number of amides is 1. The van der Waals surface area contributed by atoms with Crippen molar-refractivity contribution in [1.82, 2.24) is 0 Å². The van der Waals surface area contributed by atoms with Crippen molar-refractivity contribution in [1.29, 1.82) is 0 Å². The van der Waals surface area contributed by atoms with E-state index in [0.717, 1.165) is 0 Å². The minimum Gasteiger partial charge on any atom is -0.570 e. The van der Waals surface area contributed by atoms with Crippen molar-refractivity contribution in [2.75, 3.05) is 0 Å². The van der Waals surface area contributed by atoms with E-state index < -0.39 is 23.4 Å². The molecule has 0 N–H and O–H groups in total. The second kappa shape index (κ2) is 4.97. The van der Waals surface area contributed by atoms with E-state index in [1.165, 1.54) is 0 Å². The Hall–Kier alpha value is -1.88. The molecule has 2 unspecified atom stereocenters. The highest BCUT2D eigenvalue weighted by Crippen LogP contribution is 2.16. The van der Waals surface area contributed by atoms with Gasteiger partial charge in [0, 0.05) is 6.40 Å². The van der Waals surface area contributed by atoms with Gasteiger partial charge >= 0.3 is 0 Å². The summed E-state index contributed by atoms with van der Waals surface area (Å²) in [6.07, 6.45) is 0.616. The van der Waals surface area contributed by atoms with Crippen molar-refractivity contribution < 1.29 is 19.1 Å². The lowest BCUT2D eigenvalue weighted by molar-refractivity contribution is -0.137. The highest BCUT2D eigenvalue weighted by molar-refractivity contribution is 6.33. The first-order valence-electron chi connectivity index (χ1n) is 4.73. The summed E-state index contributed by atoms with van der Waals surface area (Å²) < 4.78 is 9.76. The number of rotatable bonds is 4. The average molecular weight is 253 g/mol. The molecule has 0 bridgehead atoms. The molecule has 6 heteroatoms. The summed E-state index contributed by atoms with van der Waals surface area (Å²) in [4.78, 5) is 25.9. The average Bonchev–Trinajstić information content (AvgIpc) is 2.76. The Balaban J connectivity index is 1.99. The predicted molar refractivity (Wildman–Crippen MR) is 59.0 cm³/mol. The zero-order valence-electron chi connectivity index (χ0n) is 8.50. The van der Waals surface area contributed by atoms with Gasteiger partial charge in [0.2, 0.25) is 11.3 Å². The molecule has 0 aliphatic carbocycles. The number of halogens is 1. The Morgan fingerprint density at radius 3 is 2.76 bits per heavy atom. The van der Waals surface area contributed by atoms with E-state index in [2.05, 4.69) is 9.73 Å². The second-order valence-electron chi connectivity index (χ2n) is 3.19. The van der Waals surface area contributed by atoms with Gasteiger partial charge in [0.1, 0.15) is 11.7 Å². The van der Waals surface area contributed by atoms with Crippen LogP contribution in [0, 0.1) is 0 Å². The summed E-state index contributed by atoms with van der Waals surface area (Å²) in [5, 5.41) is 0. The summed E-state index contributed by atoms with van der Waals surface area (Å²) >= 11 is 5.74. The summed E-state index contributed by atoms with van der Waals surface area (Å²) in [5.74, 6) is -0.997. The number of hydrogen-bond donors (Lipinski definition) is 0. The lowest BCUT2D eigenvalue weighted by Crippen LogP contribution is -2.36. The molecule has 2 rings (SSSR count). The van der Waals surface area contributed by atoms with E-state index in [1.807, 2.05) is 6.40 Å². The number of alkyl halides is 1. The molecule has 0 aromatic heterocycles. The molecule has 5 nitrogen and oxygen atoms in total. The van der Waals surface area contributed by atoms with Crippen LogP contribution < -0.4 is 4.74 Å². The number of Topliss-reactive ketones (excluding diaryl/α,β-unsaturated/α-hetero) is 1. The van der Waals surface area contributed by atoms with Crippen LogP contribution in [0.25, 0.3) is 0 Å². The van der Waals surface area contributed by atoms with Gasteiger partial charge in [0.25, 0.3) is 0 Å². The van der Waals surface area contributed by atoms with Gasteiger partial charge in [-0.05, 0) is 12.1 Å². The maximum atomic E-state index is 11.7. The number of nitrogens with zero attached hydrogens (tertiary/aromatic N) is 1. The molecule has 2 atom stereocenters. The van der Waals surface area contributed by atoms with Crippen molar-refractivity contribution in [3.05, 3.63) is 30.3 Å². The van der Waals surface area contributed by atoms with Crippen LogP contribution in [0.4, 0.5) is 0 Å². The smallest absolute Gasteiger partial charge is 0.232 e. The van der Waals surface area contributed by atoms with Gasteiger partial charge in [-0.2, -0.15) is 0 Å². The highest BCUT2D eigenvalue weighted by Gasteiger charge is 2.29. The van der Waals surface area contributed by atoms with Crippen LogP contribution in [0.1, 0.15) is 0 Å². The molecule has 1 aliphatic heterocycles. The Morgan fingerprint density at radius 1 is 1.47 bits per heavy atom. The van der Waals surface area contributed by atoms with E-state index >= 15 is 0 Å². The van der Waals surface area contributed by atoms with E-state index in [4.69, 9.17) is 16.3 Å². The normalized spacial score (nSPS) is 19.8. The first kappa shape index (κ1) is 11.6. The van der Waals surface area contributed by atoms with Crippen molar-refractivity contribution in [2.24, 2.45) is 4.99 Å². The van der Waals surface area contributed by atoms with E-state index in [9.17, 15) is 9.59 Å². The lowest BCUT2D eigenvalue weighted by atomic mass is 10.2. The molecule has 1 aliphatic rings. The third-order valence-corrected chi connectivity index (χ3v) is 2.32. The van der Waals surface area contributed by atoms with Crippen molar-refractivity contribution in [3.63, 3.8) is 0 Å². The Kier molecular flexibility index (Phi) is 3.39. The number of ketones is 1. The third kappa shape index (κ3) is 2.62. The summed E-state index contributed by atoms with van der Waals surface area (Å²) in [5.41, 5.74) is -1.30. The van der Waals surface area contributed by atoms with Gasteiger partial charge in [-0.15, -0.1) is 0 Å². The Labute approximate surface area is 102 Å². The van der Waals surface area contributed by atoms with Gasteiger partial charge < -0.3 is 19.3 Å². The molecule has 17 heavy (non-hydrogen) atoms. The molecule has 0 spiro atoms. The monoisotopic (exact) mass is 252 g/mol. The molecule has 0 radical (unpaired) electrons. The van der Waals surface area contributed by atoms with Gasteiger partial charge in [-0.25, -0.2) is 0 Å². The third-order valence-electron chi connectivity index (χ3n) is 2.02. The predicted octanol–water partition coefficient (Wildman–Crippen LogP) is 1.03. The van der Waals surface area contributed by atoms with Gasteiger partial charge in [-0.3, -0.25) is 4.79 Å². The first-order chi connectivity index (χ1) is 8.18. The molecule has 0 saturated carbocycles. The minimum absolute atomic E-state index is 0.427. The van der Waals surface area contributed by atoms with Crippen LogP contribution in [0.15, 0.2) is 35.3 Å². The van der Waals surface area contributed by atoms with Crippen LogP contribution in [0.2, 0.25) is 0 Å². The summed E-state index contributed by atoms with van der Waals surface area (Å²) in [6.45, 7) is 0. The number of benzene rings is 1. The minimum atomic E-state index is -1.35. The SMILES string of the molecule is O=C1N=[C-]OC1C(=O)C(Cl)Oc1ccccc1. The molecular weight excluding hydrogens is 246 g/mol. The fourth-order valence-corrected chi connectivity index (χ4v) is 1.43. The van der Waals surface area contributed by atoms with Crippen molar-refractivity contribution in [3.8, 4) is 5.75 Å². The lowest BCUT2D eigenvalue weighted by Gasteiger charge is -2.17. The number of para-hydroxylation sites is 1. The van der Waals surface area contributed by atoms with Gasteiger partial charge in [0.05, 0.1) is 0 Å². The van der Waals surface area contributed by atoms with Gasteiger partial charge in [0.15, 0.2) is 6.10 Å². The number of aliphatic imine (C=N–C) groups is 1. The van der Waals surface area contributed by atoms with Crippen LogP contribution in [-0.2, 0) is 14.3 Å². The van der Waals surface area contributed by atoms with Crippen molar-refractivity contribution in [2.45, 2.75) is 11.7 Å². The molecule has 1 heterocycles. The maximum absolute atomic E-state index is 11.7. The number of carbonyl (C=O) groups excluding carboxylic acids is 2. The topological polar surface area (TPSA) is 65.0 Å². The zero-order chi connectivity index (χ0) is 12.3. The molecule has 1 aromatic carbocycles. The molecule has 0 fully saturated rings. The quantitative estimate of drug-likeness (QED) is 0.456. The molecular formula is C11H7ClNO4-. The highest BCUT2D eigenvalue weighted by atomic mass is 35.5. The van der Waals surface area contributed by atoms with E-state index in [-0.39, 0.29) is 0 Å².